The van der Waals surface area contributed by atoms with E-state index in [-0.39, 0.29) is 22.8 Å². The Kier molecular flexibility index (Phi) is 6.87. The second-order valence-corrected chi connectivity index (χ2v) is 9.64. The van der Waals surface area contributed by atoms with Crippen LogP contribution >= 0.6 is 0 Å². The lowest BCUT2D eigenvalue weighted by Gasteiger charge is -2.26. The largest absolute Gasteiger partial charge is 0.379 e. The Balaban J connectivity index is 1.48. The second-order valence-electron chi connectivity index (χ2n) is 7.70. The monoisotopic (exact) mass is 486 g/mol. The van der Waals surface area contributed by atoms with Gasteiger partial charge >= 0.3 is 0 Å². The van der Waals surface area contributed by atoms with Crippen LogP contribution in [0.2, 0.25) is 0 Å². The van der Waals surface area contributed by atoms with Gasteiger partial charge in [0.15, 0.2) is 5.69 Å². The van der Waals surface area contributed by atoms with Gasteiger partial charge in [0.1, 0.15) is 11.5 Å². The molecular formula is C23H23FN4O5S. The van der Waals surface area contributed by atoms with E-state index in [1.807, 2.05) is 0 Å². The molecule has 0 bridgehead atoms. The number of rotatable bonds is 6. The highest BCUT2D eigenvalue weighted by Gasteiger charge is 2.26. The van der Waals surface area contributed by atoms with Crippen LogP contribution in [0.25, 0.3) is 5.69 Å². The summed E-state index contributed by atoms with van der Waals surface area (Å²) in [6.45, 7) is 2.95. The number of halogens is 1. The quantitative estimate of drug-likeness (QED) is 0.567. The SMILES string of the molecule is Cc1cc(=O)c(C(=O)NCc2ccc(S(=O)(=O)N3CCOCC3)cc2)nn1-c1ccccc1F. The molecule has 1 saturated heterocycles. The van der Waals surface area contributed by atoms with E-state index < -0.39 is 27.2 Å². The van der Waals surface area contributed by atoms with Crippen LogP contribution in [-0.2, 0) is 21.3 Å². The molecule has 0 aliphatic carbocycles. The number of carbonyl (C=O) groups excluding carboxylic acids is 1. The first-order valence-corrected chi connectivity index (χ1v) is 12.0. The van der Waals surface area contributed by atoms with E-state index in [0.29, 0.717) is 37.6 Å². The third-order valence-corrected chi connectivity index (χ3v) is 7.30. The first-order chi connectivity index (χ1) is 16.3. The van der Waals surface area contributed by atoms with Gasteiger partial charge in [-0.15, -0.1) is 0 Å². The van der Waals surface area contributed by atoms with Crippen molar-refractivity contribution in [1.82, 2.24) is 19.4 Å². The van der Waals surface area contributed by atoms with E-state index in [9.17, 15) is 22.4 Å². The number of nitrogens with zero attached hydrogens (tertiary/aromatic N) is 3. The zero-order valence-corrected chi connectivity index (χ0v) is 19.2. The molecule has 1 fully saturated rings. The van der Waals surface area contributed by atoms with Crippen molar-refractivity contribution in [3.05, 3.63) is 87.6 Å². The van der Waals surface area contributed by atoms with Crippen LogP contribution in [0.4, 0.5) is 4.39 Å². The summed E-state index contributed by atoms with van der Waals surface area (Å²) >= 11 is 0. The summed E-state index contributed by atoms with van der Waals surface area (Å²) < 4.78 is 47.4. The fraction of sp³-hybridized carbons (Fsp3) is 0.261. The number of hydrogen-bond acceptors (Lipinski definition) is 6. The molecule has 1 aromatic heterocycles. The van der Waals surface area contributed by atoms with E-state index in [2.05, 4.69) is 10.4 Å². The Morgan fingerprint density at radius 1 is 1.12 bits per heavy atom. The van der Waals surface area contributed by atoms with Gasteiger partial charge in [0.05, 0.1) is 18.1 Å². The number of aryl methyl sites for hydroxylation is 1. The molecule has 0 spiro atoms. The average molecular weight is 487 g/mol. The molecule has 0 radical (unpaired) electrons. The van der Waals surface area contributed by atoms with Crippen molar-refractivity contribution in [2.24, 2.45) is 0 Å². The first kappa shape index (κ1) is 23.7. The number of sulfonamides is 1. The number of carbonyl (C=O) groups is 1. The minimum absolute atomic E-state index is 0.0470. The molecule has 1 aliphatic heterocycles. The first-order valence-electron chi connectivity index (χ1n) is 10.6. The molecule has 0 saturated carbocycles. The number of amides is 1. The molecule has 2 heterocycles. The van der Waals surface area contributed by atoms with Crippen LogP contribution in [0.5, 0.6) is 0 Å². The van der Waals surface area contributed by atoms with Crippen LogP contribution in [0.1, 0.15) is 21.7 Å². The van der Waals surface area contributed by atoms with Gasteiger partial charge in [-0.1, -0.05) is 24.3 Å². The van der Waals surface area contributed by atoms with Crippen LogP contribution in [0, 0.1) is 12.7 Å². The summed E-state index contributed by atoms with van der Waals surface area (Å²) in [6.07, 6.45) is 0. The van der Waals surface area contributed by atoms with Gasteiger partial charge < -0.3 is 10.1 Å². The summed E-state index contributed by atoms with van der Waals surface area (Å²) in [5.74, 6) is -1.26. The fourth-order valence-corrected chi connectivity index (χ4v) is 4.96. The van der Waals surface area contributed by atoms with E-state index >= 15 is 0 Å². The van der Waals surface area contributed by atoms with Gasteiger partial charge in [-0.3, -0.25) is 9.59 Å². The van der Waals surface area contributed by atoms with Crippen molar-refractivity contribution in [2.45, 2.75) is 18.4 Å². The molecule has 1 aliphatic rings. The molecule has 4 rings (SSSR count). The number of para-hydroxylation sites is 1. The molecule has 2 aromatic carbocycles. The highest BCUT2D eigenvalue weighted by molar-refractivity contribution is 7.89. The van der Waals surface area contributed by atoms with Crippen molar-refractivity contribution in [2.75, 3.05) is 26.3 Å². The summed E-state index contributed by atoms with van der Waals surface area (Å²) in [5.41, 5.74) is 0.167. The van der Waals surface area contributed by atoms with Crippen LogP contribution in [0.3, 0.4) is 0 Å². The third kappa shape index (κ3) is 4.91. The van der Waals surface area contributed by atoms with Crippen molar-refractivity contribution in [1.29, 1.82) is 0 Å². The van der Waals surface area contributed by atoms with Gasteiger partial charge in [-0.2, -0.15) is 9.40 Å². The average Bonchev–Trinajstić information content (AvgIpc) is 2.84. The molecule has 3 aromatic rings. The predicted molar refractivity (Wildman–Crippen MR) is 122 cm³/mol. The van der Waals surface area contributed by atoms with E-state index in [1.165, 1.54) is 45.4 Å². The highest BCUT2D eigenvalue weighted by atomic mass is 32.2. The summed E-state index contributed by atoms with van der Waals surface area (Å²) in [6, 6.07) is 13.3. The minimum atomic E-state index is -3.62. The Labute approximate surface area is 195 Å². The zero-order chi connectivity index (χ0) is 24.3. The Bertz CT molecular complexity index is 1370. The lowest BCUT2D eigenvalue weighted by Crippen LogP contribution is -2.40. The van der Waals surface area contributed by atoms with E-state index in [4.69, 9.17) is 4.74 Å². The van der Waals surface area contributed by atoms with Gasteiger partial charge in [0.25, 0.3) is 5.91 Å². The molecular weight excluding hydrogens is 463 g/mol. The van der Waals surface area contributed by atoms with E-state index in [1.54, 1.807) is 25.1 Å². The Hall–Kier alpha value is -3.41. The summed E-state index contributed by atoms with van der Waals surface area (Å²) in [7, 11) is -3.62. The minimum Gasteiger partial charge on any atom is -0.379 e. The number of morpholine rings is 1. The van der Waals surface area contributed by atoms with Crippen LogP contribution < -0.4 is 10.7 Å². The lowest BCUT2D eigenvalue weighted by atomic mass is 10.2. The summed E-state index contributed by atoms with van der Waals surface area (Å²) in [4.78, 5) is 25.2. The fourth-order valence-electron chi connectivity index (χ4n) is 3.55. The predicted octanol–water partition coefficient (Wildman–Crippen LogP) is 1.63. The van der Waals surface area contributed by atoms with E-state index in [0.717, 1.165) is 0 Å². The molecule has 178 valence electrons. The topological polar surface area (TPSA) is 111 Å². The number of benzene rings is 2. The molecule has 1 N–H and O–H groups in total. The standard InChI is InChI=1S/C23H23FN4O5S/c1-16-14-21(29)22(26-28(16)20-5-3-2-4-19(20)24)23(30)25-15-17-6-8-18(9-7-17)34(31,32)27-10-12-33-13-11-27/h2-9,14H,10-13,15H2,1H3,(H,25,30). The van der Waals surface area contributed by atoms with Crippen molar-refractivity contribution >= 4 is 15.9 Å². The molecule has 11 heteroatoms. The Morgan fingerprint density at radius 2 is 1.79 bits per heavy atom. The number of hydrogen-bond donors (Lipinski definition) is 1. The number of ether oxygens (including phenoxy) is 1. The number of aromatic nitrogens is 2. The molecule has 9 nitrogen and oxygen atoms in total. The Morgan fingerprint density at radius 3 is 2.47 bits per heavy atom. The van der Waals surface area contributed by atoms with Crippen LogP contribution in [0.15, 0.2) is 64.3 Å². The molecule has 0 atom stereocenters. The van der Waals surface area contributed by atoms with Gasteiger partial charge in [0.2, 0.25) is 15.5 Å². The number of nitrogens with one attached hydrogen (secondary N) is 1. The van der Waals surface area contributed by atoms with Gasteiger partial charge in [0, 0.05) is 31.4 Å². The highest BCUT2D eigenvalue weighted by Crippen LogP contribution is 2.18. The van der Waals surface area contributed by atoms with Gasteiger partial charge in [-0.25, -0.2) is 17.5 Å². The van der Waals surface area contributed by atoms with Crippen molar-refractivity contribution in [3.8, 4) is 5.69 Å². The van der Waals surface area contributed by atoms with Crippen LogP contribution in [-0.4, -0.2) is 54.7 Å². The van der Waals surface area contributed by atoms with Crippen molar-refractivity contribution < 1.29 is 22.3 Å². The normalized spacial score (nSPS) is 14.6. The third-order valence-electron chi connectivity index (χ3n) is 5.39. The smallest absolute Gasteiger partial charge is 0.276 e. The maximum absolute atomic E-state index is 14.2. The summed E-state index contributed by atoms with van der Waals surface area (Å²) in [5, 5.41) is 6.68. The zero-order valence-electron chi connectivity index (χ0n) is 18.4. The maximum Gasteiger partial charge on any atom is 0.276 e. The maximum atomic E-state index is 14.2. The second kappa shape index (κ2) is 9.84. The molecule has 34 heavy (non-hydrogen) atoms. The lowest BCUT2D eigenvalue weighted by molar-refractivity contribution is 0.0730. The van der Waals surface area contributed by atoms with Gasteiger partial charge in [-0.05, 0) is 36.8 Å². The molecule has 1 amide bonds. The molecule has 0 unspecified atom stereocenters. The van der Waals surface area contributed by atoms with Crippen molar-refractivity contribution in [3.63, 3.8) is 0 Å².